The number of carbonyl (C=O) groups excluding carboxylic acids is 1. The standard InChI is InChI=1S/C46H84O3/c1-5-7-9-11-13-15-17-19-21-23-25-27-29-31-33-35-41-48-44-39-37-43(38-40-44)45(47)46(3,4)49-42-36-34-32-30-28-26-24-22-20-18-16-14-12-10-8-6-2/h37-40H,5-36,41-42H2,1-4H3. The van der Waals surface area contributed by atoms with Crippen molar-refractivity contribution >= 4 is 5.78 Å². The van der Waals surface area contributed by atoms with Crippen LogP contribution < -0.4 is 4.74 Å². The summed E-state index contributed by atoms with van der Waals surface area (Å²) in [7, 11) is 0. The molecule has 0 fully saturated rings. The Morgan fingerprint density at radius 1 is 0.429 bits per heavy atom. The van der Waals surface area contributed by atoms with Crippen LogP contribution in [0.1, 0.15) is 244 Å². The minimum Gasteiger partial charge on any atom is -0.494 e. The zero-order chi connectivity index (χ0) is 35.5. The smallest absolute Gasteiger partial charge is 0.194 e. The first-order chi connectivity index (χ1) is 24.0. The van der Waals surface area contributed by atoms with E-state index in [-0.39, 0.29) is 5.78 Å². The predicted octanol–water partition coefficient (Wildman–Crippen LogP) is 15.6. The van der Waals surface area contributed by atoms with Crippen molar-refractivity contribution in [1.29, 1.82) is 0 Å². The van der Waals surface area contributed by atoms with E-state index in [1.165, 1.54) is 193 Å². The molecule has 0 spiro atoms. The third-order valence-electron chi connectivity index (χ3n) is 10.4. The Labute approximate surface area is 306 Å². The highest BCUT2D eigenvalue weighted by Crippen LogP contribution is 2.22. The van der Waals surface area contributed by atoms with Crippen LogP contribution in [0, 0.1) is 0 Å². The maximum absolute atomic E-state index is 13.1. The van der Waals surface area contributed by atoms with Gasteiger partial charge in [-0.1, -0.05) is 206 Å². The van der Waals surface area contributed by atoms with E-state index in [1.54, 1.807) is 0 Å². The largest absolute Gasteiger partial charge is 0.494 e. The molecule has 1 aromatic carbocycles. The van der Waals surface area contributed by atoms with E-state index in [1.807, 2.05) is 38.1 Å². The molecule has 0 aliphatic carbocycles. The zero-order valence-corrected chi connectivity index (χ0v) is 33.6. The van der Waals surface area contributed by atoms with Crippen molar-refractivity contribution in [3.05, 3.63) is 29.8 Å². The molecule has 0 saturated carbocycles. The fourth-order valence-electron chi connectivity index (χ4n) is 6.93. The lowest BCUT2D eigenvalue weighted by molar-refractivity contribution is -0.00588. The van der Waals surface area contributed by atoms with Gasteiger partial charge >= 0.3 is 0 Å². The summed E-state index contributed by atoms with van der Waals surface area (Å²) in [6.07, 6.45) is 43.8. The number of ether oxygens (including phenoxy) is 2. The summed E-state index contributed by atoms with van der Waals surface area (Å²) < 4.78 is 12.1. The molecule has 0 bridgehead atoms. The molecule has 0 N–H and O–H groups in total. The van der Waals surface area contributed by atoms with Crippen molar-refractivity contribution in [3.63, 3.8) is 0 Å². The normalized spacial score (nSPS) is 11.8. The molecule has 49 heavy (non-hydrogen) atoms. The topological polar surface area (TPSA) is 35.5 Å². The van der Waals surface area contributed by atoms with Crippen LogP contribution in [-0.4, -0.2) is 24.6 Å². The summed E-state index contributed by atoms with van der Waals surface area (Å²) in [5.41, 5.74) is -0.0995. The minimum absolute atomic E-state index is 0.0494. The lowest BCUT2D eigenvalue weighted by atomic mass is 9.96. The van der Waals surface area contributed by atoms with Crippen LogP contribution in [0.25, 0.3) is 0 Å². The van der Waals surface area contributed by atoms with Crippen molar-refractivity contribution in [2.24, 2.45) is 0 Å². The quantitative estimate of drug-likeness (QED) is 0.0514. The Balaban J connectivity index is 1.97. The van der Waals surface area contributed by atoms with E-state index in [9.17, 15) is 4.79 Å². The monoisotopic (exact) mass is 685 g/mol. The van der Waals surface area contributed by atoms with Gasteiger partial charge in [-0.25, -0.2) is 0 Å². The predicted molar refractivity (Wildman–Crippen MR) is 215 cm³/mol. The average molecular weight is 685 g/mol. The highest BCUT2D eigenvalue weighted by atomic mass is 16.5. The van der Waals surface area contributed by atoms with E-state index in [0.717, 1.165) is 25.2 Å². The van der Waals surface area contributed by atoms with Crippen molar-refractivity contribution in [1.82, 2.24) is 0 Å². The Morgan fingerprint density at radius 3 is 1.04 bits per heavy atom. The summed E-state index contributed by atoms with van der Waals surface area (Å²) in [6, 6.07) is 7.66. The fraction of sp³-hybridized carbons (Fsp3) is 0.848. The van der Waals surface area contributed by atoms with Gasteiger partial charge in [0, 0.05) is 12.2 Å². The molecule has 1 rings (SSSR count). The highest BCUT2D eigenvalue weighted by Gasteiger charge is 2.29. The summed E-state index contributed by atoms with van der Waals surface area (Å²) in [4.78, 5) is 13.1. The van der Waals surface area contributed by atoms with Gasteiger partial charge in [-0.15, -0.1) is 0 Å². The molecule has 0 radical (unpaired) electrons. The number of Topliss-reactive ketones (excluding diaryl/α,β-unsaturated/α-hetero) is 1. The van der Waals surface area contributed by atoms with Crippen LogP contribution in [0.15, 0.2) is 24.3 Å². The maximum Gasteiger partial charge on any atom is 0.194 e. The average Bonchev–Trinajstić information content (AvgIpc) is 3.11. The molecule has 3 nitrogen and oxygen atoms in total. The van der Waals surface area contributed by atoms with E-state index in [2.05, 4.69) is 13.8 Å². The number of hydrogen-bond acceptors (Lipinski definition) is 3. The Morgan fingerprint density at radius 2 is 0.714 bits per heavy atom. The van der Waals surface area contributed by atoms with Crippen molar-refractivity contribution in [2.75, 3.05) is 13.2 Å². The summed E-state index contributed by atoms with van der Waals surface area (Å²) in [5, 5.41) is 0. The second-order valence-corrected chi connectivity index (χ2v) is 15.7. The van der Waals surface area contributed by atoms with E-state index < -0.39 is 5.60 Å². The number of hydrogen-bond donors (Lipinski definition) is 0. The Bertz CT molecular complexity index is 829. The summed E-state index contributed by atoms with van der Waals surface area (Å²) in [6.45, 7) is 9.79. The van der Waals surface area contributed by atoms with E-state index in [4.69, 9.17) is 9.47 Å². The molecule has 0 amide bonds. The number of benzene rings is 1. The van der Waals surface area contributed by atoms with Crippen LogP contribution in [0.2, 0.25) is 0 Å². The molecule has 286 valence electrons. The summed E-state index contributed by atoms with van der Waals surface area (Å²) in [5.74, 6) is 0.901. The number of ketones is 1. The number of rotatable bonds is 38. The highest BCUT2D eigenvalue weighted by molar-refractivity contribution is 6.02. The van der Waals surface area contributed by atoms with Crippen LogP contribution in [-0.2, 0) is 4.74 Å². The zero-order valence-electron chi connectivity index (χ0n) is 33.6. The van der Waals surface area contributed by atoms with Gasteiger partial charge in [0.15, 0.2) is 5.78 Å². The number of unbranched alkanes of at least 4 members (excludes halogenated alkanes) is 30. The van der Waals surface area contributed by atoms with E-state index >= 15 is 0 Å². The van der Waals surface area contributed by atoms with Crippen molar-refractivity contribution in [3.8, 4) is 5.75 Å². The second-order valence-electron chi connectivity index (χ2n) is 15.7. The molecule has 1 aromatic rings. The lowest BCUT2D eigenvalue weighted by Gasteiger charge is -2.24. The maximum atomic E-state index is 13.1. The van der Waals surface area contributed by atoms with Gasteiger partial charge in [-0.2, -0.15) is 0 Å². The van der Waals surface area contributed by atoms with E-state index in [0.29, 0.717) is 12.2 Å². The molecular formula is C46H84O3. The first-order valence-corrected chi connectivity index (χ1v) is 21.9. The SMILES string of the molecule is CCCCCCCCCCCCCCCCCCOc1ccc(C(=O)C(C)(C)OCCCCCCCCCCCCCCCCCC)cc1. The lowest BCUT2D eigenvalue weighted by Crippen LogP contribution is -2.35. The van der Waals surface area contributed by atoms with Crippen LogP contribution >= 0.6 is 0 Å². The van der Waals surface area contributed by atoms with Gasteiger partial charge in [0.25, 0.3) is 0 Å². The Hall–Kier alpha value is -1.35. The molecular weight excluding hydrogens is 601 g/mol. The van der Waals surface area contributed by atoms with Crippen molar-refractivity contribution < 1.29 is 14.3 Å². The molecule has 3 heteroatoms. The molecule has 0 unspecified atom stereocenters. The van der Waals surface area contributed by atoms with Gasteiger partial charge in [0.05, 0.1) is 6.61 Å². The first-order valence-electron chi connectivity index (χ1n) is 21.9. The van der Waals surface area contributed by atoms with Gasteiger partial charge < -0.3 is 9.47 Å². The van der Waals surface area contributed by atoms with Gasteiger partial charge in [0.2, 0.25) is 0 Å². The van der Waals surface area contributed by atoms with Crippen LogP contribution in [0.5, 0.6) is 5.75 Å². The third-order valence-corrected chi connectivity index (χ3v) is 10.4. The molecule has 0 aliphatic heterocycles. The van der Waals surface area contributed by atoms with Crippen LogP contribution in [0.3, 0.4) is 0 Å². The van der Waals surface area contributed by atoms with Crippen LogP contribution in [0.4, 0.5) is 0 Å². The fourth-order valence-corrected chi connectivity index (χ4v) is 6.93. The summed E-state index contributed by atoms with van der Waals surface area (Å²) >= 11 is 0. The molecule has 0 atom stereocenters. The van der Waals surface area contributed by atoms with Crippen molar-refractivity contribution in [2.45, 2.75) is 239 Å². The minimum atomic E-state index is -0.800. The molecule has 0 heterocycles. The van der Waals surface area contributed by atoms with Gasteiger partial charge in [0.1, 0.15) is 11.4 Å². The first kappa shape index (κ1) is 45.7. The molecule has 0 saturated heterocycles. The second kappa shape index (κ2) is 33.8. The Kier molecular flexibility index (Phi) is 31.5. The molecule has 0 aromatic heterocycles. The number of carbonyl (C=O) groups is 1. The molecule has 0 aliphatic rings. The third kappa shape index (κ3) is 28.0. The van der Waals surface area contributed by atoms with Gasteiger partial charge in [-0.05, 0) is 51.0 Å². The van der Waals surface area contributed by atoms with Gasteiger partial charge in [-0.3, -0.25) is 4.79 Å².